The lowest BCUT2D eigenvalue weighted by molar-refractivity contribution is -0.115. The van der Waals surface area contributed by atoms with E-state index in [9.17, 15) is 4.79 Å². The summed E-state index contributed by atoms with van der Waals surface area (Å²) in [7, 11) is 1.67. The van der Waals surface area contributed by atoms with Crippen LogP contribution in [-0.2, 0) is 9.53 Å². The normalized spacial score (nSPS) is 10.7. The molecule has 0 saturated carbocycles. The lowest BCUT2D eigenvalue weighted by Crippen LogP contribution is -2.29. The van der Waals surface area contributed by atoms with E-state index >= 15 is 0 Å². The number of nitrogens with one attached hydrogen (secondary N) is 2. The highest BCUT2D eigenvalue weighted by molar-refractivity contribution is 5.92. The van der Waals surface area contributed by atoms with E-state index in [1.807, 2.05) is 24.3 Å². The van der Waals surface area contributed by atoms with E-state index in [1.165, 1.54) is 5.56 Å². The molecule has 0 aromatic heterocycles. The molecule has 4 nitrogen and oxygen atoms in total. The van der Waals surface area contributed by atoms with Crippen LogP contribution in [0.1, 0.15) is 31.7 Å². The fourth-order valence-corrected chi connectivity index (χ4v) is 1.70. The molecule has 0 unspecified atom stereocenters. The van der Waals surface area contributed by atoms with E-state index in [0.717, 1.165) is 18.7 Å². The van der Waals surface area contributed by atoms with Crippen LogP contribution in [0.2, 0.25) is 0 Å². The fourth-order valence-electron chi connectivity index (χ4n) is 1.70. The van der Waals surface area contributed by atoms with Crippen molar-refractivity contribution in [3.05, 3.63) is 29.8 Å². The van der Waals surface area contributed by atoms with Crippen LogP contribution in [0.5, 0.6) is 0 Å². The highest BCUT2D eigenvalue weighted by Crippen LogP contribution is 2.16. The third kappa shape index (κ3) is 6.36. The lowest BCUT2D eigenvalue weighted by Gasteiger charge is -2.09. The van der Waals surface area contributed by atoms with Gasteiger partial charge in [0.15, 0.2) is 0 Å². The monoisotopic (exact) mass is 264 g/mol. The van der Waals surface area contributed by atoms with E-state index in [4.69, 9.17) is 4.74 Å². The largest absolute Gasteiger partial charge is 0.385 e. The van der Waals surface area contributed by atoms with Gasteiger partial charge in [-0.3, -0.25) is 4.79 Å². The van der Waals surface area contributed by atoms with Crippen molar-refractivity contribution in [3.8, 4) is 0 Å². The molecular weight excluding hydrogens is 240 g/mol. The van der Waals surface area contributed by atoms with E-state index in [-0.39, 0.29) is 5.91 Å². The Labute approximate surface area is 115 Å². The first-order valence-electron chi connectivity index (χ1n) is 6.73. The number of anilines is 1. The average Bonchev–Trinajstić information content (AvgIpc) is 2.39. The van der Waals surface area contributed by atoms with Gasteiger partial charge in [0.1, 0.15) is 0 Å². The Kier molecular flexibility index (Phi) is 7.15. The predicted octanol–water partition coefficient (Wildman–Crippen LogP) is 2.37. The molecule has 1 rings (SSSR count). The topological polar surface area (TPSA) is 50.4 Å². The van der Waals surface area contributed by atoms with E-state index in [0.29, 0.717) is 19.1 Å². The minimum absolute atomic E-state index is 0.0188. The van der Waals surface area contributed by atoms with Crippen LogP contribution in [0.3, 0.4) is 0 Å². The second kappa shape index (κ2) is 8.67. The maximum Gasteiger partial charge on any atom is 0.238 e. The van der Waals surface area contributed by atoms with Crippen molar-refractivity contribution in [3.63, 3.8) is 0 Å². The Morgan fingerprint density at radius 2 is 1.95 bits per heavy atom. The molecule has 1 amide bonds. The van der Waals surface area contributed by atoms with Crippen LogP contribution < -0.4 is 10.6 Å². The first-order chi connectivity index (χ1) is 9.13. The summed E-state index contributed by atoms with van der Waals surface area (Å²) in [6.45, 7) is 6.13. The molecular formula is C15H24N2O2. The van der Waals surface area contributed by atoms with Gasteiger partial charge in [0.2, 0.25) is 5.91 Å². The summed E-state index contributed by atoms with van der Waals surface area (Å²) in [5, 5.41) is 5.94. The third-order valence-corrected chi connectivity index (χ3v) is 2.85. The summed E-state index contributed by atoms with van der Waals surface area (Å²) in [6, 6.07) is 7.98. The van der Waals surface area contributed by atoms with Crippen molar-refractivity contribution in [1.82, 2.24) is 5.32 Å². The molecule has 0 radical (unpaired) electrons. The molecule has 0 bridgehead atoms. The Morgan fingerprint density at radius 1 is 1.26 bits per heavy atom. The van der Waals surface area contributed by atoms with Gasteiger partial charge < -0.3 is 15.4 Å². The van der Waals surface area contributed by atoms with Crippen molar-refractivity contribution < 1.29 is 9.53 Å². The predicted molar refractivity (Wildman–Crippen MR) is 78.5 cm³/mol. The quantitative estimate of drug-likeness (QED) is 0.709. The van der Waals surface area contributed by atoms with Crippen molar-refractivity contribution in [2.24, 2.45) is 0 Å². The molecule has 0 aliphatic heterocycles. The number of rotatable bonds is 8. The van der Waals surface area contributed by atoms with Gasteiger partial charge >= 0.3 is 0 Å². The molecule has 0 atom stereocenters. The zero-order chi connectivity index (χ0) is 14.1. The fraction of sp³-hybridized carbons (Fsp3) is 0.533. The highest BCUT2D eigenvalue weighted by Gasteiger charge is 2.03. The van der Waals surface area contributed by atoms with Gasteiger partial charge in [0.25, 0.3) is 0 Å². The molecule has 0 aliphatic carbocycles. The van der Waals surface area contributed by atoms with Crippen LogP contribution in [-0.4, -0.2) is 32.7 Å². The first-order valence-corrected chi connectivity index (χ1v) is 6.73. The number of benzene rings is 1. The highest BCUT2D eigenvalue weighted by atomic mass is 16.5. The summed E-state index contributed by atoms with van der Waals surface area (Å²) >= 11 is 0. The number of amides is 1. The van der Waals surface area contributed by atoms with Crippen LogP contribution in [0.25, 0.3) is 0 Å². The summed E-state index contributed by atoms with van der Waals surface area (Å²) in [5.41, 5.74) is 2.11. The summed E-state index contributed by atoms with van der Waals surface area (Å²) in [5.74, 6) is 0.488. The van der Waals surface area contributed by atoms with Gasteiger partial charge in [-0.05, 0) is 36.6 Å². The number of hydrogen-bond acceptors (Lipinski definition) is 3. The van der Waals surface area contributed by atoms with Gasteiger partial charge in [-0.15, -0.1) is 0 Å². The van der Waals surface area contributed by atoms with Gasteiger partial charge in [0.05, 0.1) is 6.54 Å². The Hall–Kier alpha value is -1.39. The molecule has 1 aromatic carbocycles. The number of carbonyl (C=O) groups excluding carboxylic acids is 1. The molecule has 19 heavy (non-hydrogen) atoms. The molecule has 4 heteroatoms. The Balaban J connectivity index is 2.28. The lowest BCUT2D eigenvalue weighted by atomic mass is 10.0. The van der Waals surface area contributed by atoms with Crippen LogP contribution >= 0.6 is 0 Å². The summed E-state index contributed by atoms with van der Waals surface area (Å²) < 4.78 is 4.93. The molecule has 0 fully saturated rings. The third-order valence-electron chi connectivity index (χ3n) is 2.85. The van der Waals surface area contributed by atoms with E-state index in [1.54, 1.807) is 7.11 Å². The summed E-state index contributed by atoms with van der Waals surface area (Å²) in [4.78, 5) is 11.7. The maximum absolute atomic E-state index is 11.7. The van der Waals surface area contributed by atoms with Crippen molar-refractivity contribution in [2.45, 2.75) is 26.2 Å². The number of methoxy groups -OCH3 is 1. The van der Waals surface area contributed by atoms with Gasteiger partial charge in [-0.2, -0.15) is 0 Å². The molecule has 0 heterocycles. The van der Waals surface area contributed by atoms with Crippen LogP contribution in [0.4, 0.5) is 5.69 Å². The number of ether oxygens (including phenoxy) is 1. The molecule has 106 valence electrons. The minimum Gasteiger partial charge on any atom is -0.385 e. The second-order valence-corrected chi connectivity index (χ2v) is 4.85. The second-order valence-electron chi connectivity index (χ2n) is 4.85. The standard InChI is InChI=1S/C15H24N2O2/c1-12(2)13-5-7-14(8-6-13)17-15(18)11-16-9-4-10-19-3/h5-8,12,16H,4,9-11H2,1-3H3,(H,17,18). The number of hydrogen-bond donors (Lipinski definition) is 2. The Bertz CT molecular complexity index is 374. The van der Waals surface area contributed by atoms with Crippen molar-refractivity contribution in [2.75, 3.05) is 32.1 Å². The SMILES string of the molecule is COCCCNCC(=O)Nc1ccc(C(C)C)cc1. The van der Waals surface area contributed by atoms with Crippen molar-refractivity contribution >= 4 is 11.6 Å². The van der Waals surface area contributed by atoms with Gasteiger partial charge in [-0.25, -0.2) is 0 Å². The smallest absolute Gasteiger partial charge is 0.238 e. The Morgan fingerprint density at radius 3 is 2.53 bits per heavy atom. The molecule has 1 aromatic rings. The van der Waals surface area contributed by atoms with Crippen LogP contribution in [0, 0.1) is 0 Å². The van der Waals surface area contributed by atoms with Gasteiger partial charge in [-0.1, -0.05) is 26.0 Å². The minimum atomic E-state index is -0.0188. The van der Waals surface area contributed by atoms with Crippen molar-refractivity contribution in [1.29, 1.82) is 0 Å². The zero-order valence-corrected chi connectivity index (χ0v) is 12.0. The molecule has 0 aliphatic rings. The maximum atomic E-state index is 11.7. The molecule has 0 saturated heterocycles. The van der Waals surface area contributed by atoms with E-state index < -0.39 is 0 Å². The number of carbonyl (C=O) groups is 1. The average molecular weight is 264 g/mol. The zero-order valence-electron chi connectivity index (χ0n) is 12.0. The van der Waals surface area contributed by atoms with Crippen LogP contribution in [0.15, 0.2) is 24.3 Å². The molecule has 0 spiro atoms. The summed E-state index contributed by atoms with van der Waals surface area (Å²) in [6.07, 6.45) is 0.910. The first kappa shape index (κ1) is 15.7. The molecule has 2 N–H and O–H groups in total. The van der Waals surface area contributed by atoms with E-state index in [2.05, 4.69) is 24.5 Å². The van der Waals surface area contributed by atoms with Gasteiger partial charge in [0, 0.05) is 19.4 Å².